The van der Waals surface area contributed by atoms with Gasteiger partial charge in [0.25, 0.3) is 0 Å². The Hall–Kier alpha value is -1.55. The summed E-state index contributed by atoms with van der Waals surface area (Å²) in [5.74, 6) is -0.0259. The lowest BCUT2D eigenvalue weighted by Crippen LogP contribution is -2.32. The maximum atomic E-state index is 11.4. The fourth-order valence-electron chi connectivity index (χ4n) is 1.54. The van der Waals surface area contributed by atoms with Crippen LogP contribution < -0.4 is 10.6 Å². The van der Waals surface area contributed by atoms with Gasteiger partial charge >= 0.3 is 0 Å². The molecule has 1 aromatic rings. The van der Waals surface area contributed by atoms with Crippen LogP contribution >= 0.6 is 0 Å². The Morgan fingerprint density at radius 3 is 2.76 bits per heavy atom. The predicted octanol–water partition coefficient (Wildman–Crippen LogP) is 1.48. The molecule has 0 radical (unpaired) electrons. The summed E-state index contributed by atoms with van der Waals surface area (Å²) in [4.78, 5) is 11.4. The number of carbonyl (C=O) groups excluding carboxylic acids is 1. The number of rotatable bonds is 6. The molecule has 1 amide bonds. The topological polar surface area (TPSA) is 50.4 Å². The largest absolute Gasteiger partial charge is 0.383 e. The predicted molar refractivity (Wildman–Crippen MR) is 69.3 cm³/mol. The van der Waals surface area contributed by atoms with Crippen LogP contribution in [0.3, 0.4) is 0 Å². The summed E-state index contributed by atoms with van der Waals surface area (Å²) in [7, 11) is 1.61. The summed E-state index contributed by atoms with van der Waals surface area (Å²) in [5.41, 5.74) is 3.37. The maximum Gasteiger partial charge on any atom is 0.239 e. The number of amides is 1. The SMILES string of the molecule is COCCNC(=O)CNc1ccc(C)cc1C. The highest BCUT2D eigenvalue weighted by Crippen LogP contribution is 2.15. The molecule has 0 aliphatic heterocycles. The number of hydrogen-bond donors (Lipinski definition) is 2. The minimum atomic E-state index is -0.0259. The van der Waals surface area contributed by atoms with Crippen LogP contribution in [0.1, 0.15) is 11.1 Å². The monoisotopic (exact) mass is 236 g/mol. The second kappa shape index (κ2) is 6.91. The van der Waals surface area contributed by atoms with E-state index in [9.17, 15) is 4.79 Å². The third-order valence-electron chi connectivity index (χ3n) is 2.45. The van der Waals surface area contributed by atoms with Gasteiger partial charge in [0.05, 0.1) is 13.2 Å². The second-order valence-corrected chi connectivity index (χ2v) is 4.01. The number of ether oxygens (including phenoxy) is 1. The van der Waals surface area contributed by atoms with Crippen LogP contribution in [0.5, 0.6) is 0 Å². The summed E-state index contributed by atoms with van der Waals surface area (Å²) in [6.07, 6.45) is 0. The van der Waals surface area contributed by atoms with Crippen molar-refractivity contribution < 1.29 is 9.53 Å². The van der Waals surface area contributed by atoms with E-state index < -0.39 is 0 Å². The Kier molecular flexibility index (Phi) is 5.49. The summed E-state index contributed by atoms with van der Waals surface area (Å²) >= 11 is 0. The summed E-state index contributed by atoms with van der Waals surface area (Å²) in [5, 5.41) is 5.87. The molecule has 0 aromatic heterocycles. The van der Waals surface area contributed by atoms with Gasteiger partial charge in [-0.25, -0.2) is 0 Å². The number of hydrogen-bond acceptors (Lipinski definition) is 3. The number of benzene rings is 1. The van der Waals surface area contributed by atoms with E-state index in [0.29, 0.717) is 13.2 Å². The zero-order valence-corrected chi connectivity index (χ0v) is 10.7. The van der Waals surface area contributed by atoms with E-state index in [0.717, 1.165) is 11.3 Å². The highest BCUT2D eigenvalue weighted by Gasteiger charge is 2.02. The van der Waals surface area contributed by atoms with Gasteiger partial charge in [-0.1, -0.05) is 17.7 Å². The van der Waals surface area contributed by atoms with Crippen LogP contribution in [0, 0.1) is 13.8 Å². The van der Waals surface area contributed by atoms with E-state index in [-0.39, 0.29) is 12.5 Å². The van der Waals surface area contributed by atoms with Crippen molar-refractivity contribution >= 4 is 11.6 Å². The van der Waals surface area contributed by atoms with Crippen molar-refractivity contribution in [2.24, 2.45) is 0 Å². The summed E-state index contributed by atoms with van der Waals surface area (Å²) < 4.78 is 4.85. The van der Waals surface area contributed by atoms with Gasteiger partial charge in [-0.15, -0.1) is 0 Å². The van der Waals surface area contributed by atoms with E-state index in [2.05, 4.69) is 16.7 Å². The molecule has 0 aliphatic carbocycles. The Balaban J connectivity index is 2.37. The van der Waals surface area contributed by atoms with E-state index in [1.807, 2.05) is 26.0 Å². The zero-order valence-electron chi connectivity index (χ0n) is 10.7. The molecule has 0 aliphatic rings. The smallest absolute Gasteiger partial charge is 0.239 e. The molecule has 0 unspecified atom stereocenters. The number of nitrogens with one attached hydrogen (secondary N) is 2. The van der Waals surface area contributed by atoms with E-state index in [1.54, 1.807) is 7.11 Å². The highest BCUT2D eigenvalue weighted by molar-refractivity contribution is 5.80. The second-order valence-electron chi connectivity index (χ2n) is 4.01. The number of carbonyl (C=O) groups is 1. The van der Waals surface area contributed by atoms with Crippen LogP contribution in [0.4, 0.5) is 5.69 Å². The molecule has 1 aromatic carbocycles. The Bertz CT molecular complexity index is 378. The molecule has 0 fully saturated rings. The standard InChI is InChI=1S/C13H20N2O2/c1-10-4-5-12(11(2)8-10)15-9-13(16)14-6-7-17-3/h4-5,8,15H,6-7,9H2,1-3H3,(H,14,16). The Labute approximate surface area is 102 Å². The van der Waals surface area contributed by atoms with E-state index >= 15 is 0 Å². The molecule has 17 heavy (non-hydrogen) atoms. The van der Waals surface area contributed by atoms with Crippen molar-refractivity contribution in [3.63, 3.8) is 0 Å². The van der Waals surface area contributed by atoms with Crippen molar-refractivity contribution in [3.8, 4) is 0 Å². The van der Waals surface area contributed by atoms with Crippen molar-refractivity contribution in [1.82, 2.24) is 5.32 Å². The number of anilines is 1. The molecular formula is C13H20N2O2. The van der Waals surface area contributed by atoms with Crippen LogP contribution in [0.15, 0.2) is 18.2 Å². The van der Waals surface area contributed by atoms with Gasteiger partial charge in [0.1, 0.15) is 0 Å². The average molecular weight is 236 g/mol. The van der Waals surface area contributed by atoms with Gasteiger partial charge < -0.3 is 15.4 Å². The van der Waals surface area contributed by atoms with Crippen LogP contribution in [0.2, 0.25) is 0 Å². The van der Waals surface area contributed by atoms with Crippen molar-refractivity contribution in [1.29, 1.82) is 0 Å². The van der Waals surface area contributed by atoms with Crippen LogP contribution in [-0.4, -0.2) is 32.7 Å². The minimum absolute atomic E-state index is 0.0259. The average Bonchev–Trinajstić information content (AvgIpc) is 2.28. The van der Waals surface area contributed by atoms with Gasteiger partial charge in [0.15, 0.2) is 0 Å². The molecule has 0 heterocycles. The summed E-state index contributed by atoms with van der Waals surface area (Å²) in [6, 6.07) is 6.11. The normalized spacial score (nSPS) is 10.1. The number of aryl methyl sites for hydroxylation is 2. The fraction of sp³-hybridized carbons (Fsp3) is 0.462. The first kappa shape index (κ1) is 13.5. The molecule has 2 N–H and O–H groups in total. The fourth-order valence-corrected chi connectivity index (χ4v) is 1.54. The molecular weight excluding hydrogens is 216 g/mol. The maximum absolute atomic E-state index is 11.4. The molecule has 4 nitrogen and oxygen atoms in total. The third kappa shape index (κ3) is 4.87. The van der Waals surface area contributed by atoms with Crippen molar-refractivity contribution in [3.05, 3.63) is 29.3 Å². The lowest BCUT2D eigenvalue weighted by Gasteiger charge is -2.10. The van der Waals surface area contributed by atoms with Crippen molar-refractivity contribution in [2.75, 3.05) is 32.1 Å². The lowest BCUT2D eigenvalue weighted by atomic mass is 10.1. The molecule has 94 valence electrons. The first-order valence-electron chi connectivity index (χ1n) is 5.70. The van der Waals surface area contributed by atoms with Gasteiger partial charge in [-0.2, -0.15) is 0 Å². The molecule has 1 rings (SSSR count). The summed E-state index contributed by atoms with van der Waals surface area (Å²) in [6.45, 7) is 5.44. The van der Waals surface area contributed by atoms with Crippen LogP contribution in [-0.2, 0) is 9.53 Å². The Morgan fingerprint density at radius 2 is 2.12 bits per heavy atom. The molecule has 0 bridgehead atoms. The van der Waals surface area contributed by atoms with Gasteiger partial charge in [0.2, 0.25) is 5.91 Å². The van der Waals surface area contributed by atoms with E-state index in [1.165, 1.54) is 5.56 Å². The lowest BCUT2D eigenvalue weighted by molar-refractivity contribution is -0.119. The molecule has 4 heteroatoms. The first-order chi connectivity index (χ1) is 8.13. The van der Waals surface area contributed by atoms with Gasteiger partial charge in [-0.05, 0) is 25.5 Å². The van der Waals surface area contributed by atoms with Crippen LogP contribution in [0.25, 0.3) is 0 Å². The molecule has 0 spiro atoms. The first-order valence-corrected chi connectivity index (χ1v) is 5.70. The molecule has 0 saturated carbocycles. The van der Waals surface area contributed by atoms with Gasteiger partial charge in [0, 0.05) is 19.3 Å². The third-order valence-corrected chi connectivity index (χ3v) is 2.45. The molecule has 0 saturated heterocycles. The van der Waals surface area contributed by atoms with E-state index in [4.69, 9.17) is 4.74 Å². The number of methoxy groups -OCH3 is 1. The minimum Gasteiger partial charge on any atom is -0.383 e. The zero-order chi connectivity index (χ0) is 12.7. The molecule has 0 atom stereocenters. The van der Waals surface area contributed by atoms with Gasteiger partial charge in [-0.3, -0.25) is 4.79 Å². The Morgan fingerprint density at radius 1 is 1.35 bits per heavy atom. The van der Waals surface area contributed by atoms with Crippen molar-refractivity contribution in [2.45, 2.75) is 13.8 Å². The quantitative estimate of drug-likeness (QED) is 0.736. The highest BCUT2D eigenvalue weighted by atomic mass is 16.5.